The highest BCUT2D eigenvalue weighted by atomic mass is 35.5. The molecule has 6 heteroatoms. The van der Waals surface area contributed by atoms with Crippen molar-refractivity contribution < 1.29 is 4.79 Å². The summed E-state index contributed by atoms with van der Waals surface area (Å²) in [6.07, 6.45) is 0.906. The molecule has 1 aliphatic heterocycles. The Bertz CT molecular complexity index is 806. The summed E-state index contributed by atoms with van der Waals surface area (Å²) in [4.78, 5) is 18.6. The normalized spacial score (nSPS) is 13.9. The number of aliphatic imine (C=N–C) groups is 1. The topological polar surface area (TPSA) is 56.7 Å². The maximum Gasteiger partial charge on any atom is 0.242 e. The molecule has 0 radical (unpaired) electrons. The SMILES string of the molecule is CN=C(NCC(=O)N1CCc2ccccc2C1)NCc1cccc(Cl)c1. The van der Waals surface area contributed by atoms with E-state index in [0.717, 1.165) is 18.5 Å². The number of carbonyl (C=O) groups excluding carboxylic acids is 1. The molecule has 0 spiro atoms. The molecule has 1 amide bonds. The van der Waals surface area contributed by atoms with Crippen LogP contribution in [0.2, 0.25) is 5.02 Å². The predicted octanol–water partition coefficient (Wildman–Crippen LogP) is 2.59. The third-order valence-electron chi connectivity index (χ3n) is 4.46. The van der Waals surface area contributed by atoms with Crippen molar-refractivity contribution in [2.45, 2.75) is 19.5 Å². The van der Waals surface area contributed by atoms with E-state index < -0.39 is 0 Å². The van der Waals surface area contributed by atoms with E-state index in [9.17, 15) is 4.79 Å². The van der Waals surface area contributed by atoms with Crippen molar-refractivity contribution in [3.8, 4) is 0 Å². The summed E-state index contributed by atoms with van der Waals surface area (Å²) in [7, 11) is 1.69. The quantitative estimate of drug-likeness (QED) is 0.642. The molecule has 3 rings (SSSR count). The lowest BCUT2D eigenvalue weighted by Crippen LogP contribution is -2.45. The third-order valence-corrected chi connectivity index (χ3v) is 4.70. The molecule has 2 aromatic rings. The molecular weight excluding hydrogens is 348 g/mol. The zero-order chi connectivity index (χ0) is 18.4. The van der Waals surface area contributed by atoms with E-state index in [1.165, 1.54) is 11.1 Å². The van der Waals surface area contributed by atoms with Gasteiger partial charge in [-0.2, -0.15) is 0 Å². The number of benzene rings is 2. The summed E-state index contributed by atoms with van der Waals surface area (Å²) in [5.41, 5.74) is 3.62. The van der Waals surface area contributed by atoms with E-state index >= 15 is 0 Å². The molecule has 0 aliphatic carbocycles. The first-order chi connectivity index (χ1) is 12.7. The number of hydrogen-bond donors (Lipinski definition) is 2. The molecule has 0 unspecified atom stereocenters. The third kappa shape index (κ3) is 4.76. The lowest BCUT2D eigenvalue weighted by Gasteiger charge is -2.29. The second kappa shape index (κ2) is 8.72. The summed E-state index contributed by atoms with van der Waals surface area (Å²) < 4.78 is 0. The van der Waals surface area contributed by atoms with Gasteiger partial charge in [0.1, 0.15) is 0 Å². The average molecular weight is 371 g/mol. The molecule has 0 saturated carbocycles. The molecule has 136 valence electrons. The first-order valence-corrected chi connectivity index (χ1v) is 9.07. The first kappa shape index (κ1) is 18.3. The van der Waals surface area contributed by atoms with Crippen molar-refractivity contribution in [2.24, 2.45) is 4.99 Å². The molecular formula is C20H23ClN4O. The molecule has 0 saturated heterocycles. The maximum atomic E-state index is 12.5. The predicted molar refractivity (Wildman–Crippen MR) is 105 cm³/mol. The Morgan fingerprint density at radius 2 is 1.96 bits per heavy atom. The molecule has 0 atom stereocenters. The Kier molecular flexibility index (Phi) is 6.12. The Labute approximate surface area is 159 Å². The van der Waals surface area contributed by atoms with Gasteiger partial charge in [0.15, 0.2) is 5.96 Å². The summed E-state index contributed by atoms with van der Waals surface area (Å²) in [5.74, 6) is 0.668. The average Bonchev–Trinajstić information content (AvgIpc) is 2.67. The van der Waals surface area contributed by atoms with Crippen LogP contribution >= 0.6 is 11.6 Å². The van der Waals surface area contributed by atoms with Crippen LogP contribution in [0.3, 0.4) is 0 Å². The second-order valence-corrected chi connectivity index (χ2v) is 6.68. The van der Waals surface area contributed by atoms with Crippen LogP contribution in [-0.4, -0.2) is 36.9 Å². The molecule has 0 bridgehead atoms. The van der Waals surface area contributed by atoms with Crippen molar-refractivity contribution in [2.75, 3.05) is 20.1 Å². The van der Waals surface area contributed by atoms with Gasteiger partial charge in [0.25, 0.3) is 0 Å². The Morgan fingerprint density at radius 1 is 1.15 bits per heavy atom. The number of guanidine groups is 1. The number of amides is 1. The van der Waals surface area contributed by atoms with Crippen LogP contribution in [-0.2, 0) is 24.3 Å². The van der Waals surface area contributed by atoms with Gasteiger partial charge in [-0.15, -0.1) is 0 Å². The monoisotopic (exact) mass is 370 g/mol. The molecule has 1 heterocycles. The minimum atomic E-state index is 0.0743. The number of hydrogen-bond acceptors (Lipinski definition) is 2. The van der Waals surface area contributed by atoms with Crippen LogP contribution < -0.4 is 10.6 Å². The van der Waals surface area contributed by atoms with Crippen molar-refractivity contribution in [1.82, 2.24) is 15.5 Å². The minimum absolute atomic E-state index is 0.0743. The number of rotatable bonds is 4. The molecule has 1 aliphatic rings. The van der Waals surface area contributed by atoms with Crippen LogP contribution in [0.25, 0.3) is 0 Å². The van der Waals surface area contributed by atoms with Gasteiger partial charge in [0.2, 0.25) is 5.91 Å². The molecule has 2 N–H and O–H groups in total. The second-order valence-electron chi connectivity index (χ2n) is 6.24. The standard InChI is InChI=1S/C20H23ClN4O/c1-22-20(23-12-15-5-4-8-18(21)11-15)24-13-19(26)25-10-9-16-6-2-3-7-17(16)14-25/h2-8,11H,9-10,12-14H2,1H3,(H2,22,23,24). The largest absolute Gasteiger partial charge is 0.352 e. The molecule has 0 fully saturated rings. The summed E-state index contributed by atoms with van der Waals surface area (Å²) in [6, 6.07) is 15.9. The van der Waals surface area contributed by atoms with E-state index in [1.54, 1.807) is 7.05 Å². The molecule has 0 aromatic heterocycles. The molecule has 2 aromatic carbocycles. The van der Waals surface area contributed by atoms with Gasteiger partial charge in [-0.25, -0.2) is 0 Å². The van der Waals surface area contributed by atoms with E-state index in [0.29, 0.717) is 24.1 Å². The Hall–Kier alpha value is -2.53. The van der Waals surface area contributed by atoms with Crippen molar-refractivity contribution in [3.05, 3.63) is 70.2 Å². The van der Waals surface area contributed by atoms with Crippen LogP contribution in [0, 0.1) is 0 Å². The van der Waals surface area contributed by atoms with Gasteiger partial charge < -0.3 is 15.5 Å². The summed E-state index contributed by atoms with van der Waals surface area (Å²) in [5, 5.41) is 6.99. The zero-order valence-electron chi connectivity index (χ0n) is 14.8. The fraction of sp³-hybridized carbons (Fsp3) is 0.300. The van der Waals surface area contributed by atoms with Crippen molar-refractivity contribution in [3.63, 3.8) is 0 Å². The van der Waals surface area contributed by atoms with Crippen LogP contribution in [0.4, 0.5) is 0 Å². The van der Waals surface area contributed by atoms with Gasteiger partial charge in [0.05, 0.1) is 6.54 Å². The molecule has 26 heavy (non-hydrogen) atoms. The van der Waals surface area contributed by atoms with Gasteiger partial charge in [-0.05, 0) is 35.2 Å². The van der Waals surface area contributed by atoms with E-state index in [2.05, 4.69) is 27.8 Å². The van der Waals surface area contributed by atoms with Gasteiger partial charge in [-0.3, -0.25) is 9.79 Å². The van der Waals surface area contributed by atoms with Crippen molar-refractivity contribution in [1.29, 1.82) is 0 Å². The molecule has 5 nitrogen and oxygen atoms in total. The first-order valence-electron chi connectivity index (χ1n) is 8.69. The van der Waals surface area contributed by atoms with Gasteiger partial charge in [-0.1, -0.05) is 48.0 Å². The Morgan fingerprint density at radius 3 is 2.73 bits per heavy atom. The van der Waals surface area contributed by atoms with E-state index in [1.807, 2.05) is 41.3 Å². The van der Waals surface area contributed by atoms with E-state index in [4.69, 9.17) is 11.6 Å². The highest BCUT2D eigenvalue weighted by Crippen LogP contribution is 2.18. The number of fused-ring (bicyclic) bond motifs is 1. The minimum Gasteiger partial charge on any atom is -0.352 e. The number of nitrogens with one attached hydrogen (secondary N) is 2. The number of nitrogens with zero attached hydrogens (tertiary/aromatic N) is 2. The highest BCUT2D eigenvalue weighted by molar-refractivity contribution is 6.30. The van der Waals surface area contributed by atoms with Crippen molar-refractivity contribution >= 4 is 23.5 Å². The lowest BCUT2D eigenvalue weighted by molar-refractivity contribution is -0.130. The zero-order valence-corrected chi connectivity index (χ0v) is 15.6. The van der Waals surface area contributed by atoms with Crippen LogP contribution in [0.1, 0.15) is 16.7 Å². The maximum absolute atomic E-state index is 12.5. The highest BCUT2D eigenvalue weighted by Gasteiger charge is 2.20. The van der Waals surface area contributed by atoms with E-state index in [-0.39, 0.29) is 12.5 Å². The smallest absolute Gasteiger partial charge is 0.242 e. The van der Waals surface area contributed by atoms with Crippen LogP contribution in [0.15, 0.2) is 53.5 Å². The van der Waals surface area contributed by atoms with Gasteiger partial charge in [0, 0.05) is 31.7 Å². The fourth-order valence-corrected chi connectivity index (χ4v) is 3.25. The van der Waals surface area contributed by atoms with Crippen LogP contribution in [0.5, 0.6) is 0 Å². The number of carbonyl (C=O) groups is 1. The number of halogens is 1. The fourth-order valence-electron chi connectivity index (χ4n) is 3.03. The lowest BCUT2D eigenvalue weighted by atomic mass is 10.00. The summed E-state index contributed by atoms with van der Waals surface area (Å²) >= 11 is 5.99. The van der Waals surface area contributed by atoms with Gasteiger partial charge >= 0.3 is 0 Å². The summed E-state index contributed by atoms with van der Waals surface area (Å²) in [6.45, 7) is 2.24. The Balaban J connectivity index is 1.48.